The SMILES string of the molecule is COc1ccc(C2=NN(C(=O)c3ccco3)C(c3c(F)cccc3Cl)C2)cc1OC. The molecule has 1 unspecified atom stereocenters. The van der Waals surface area contributed by atoms with Gasteiger partial charge in [0.25, 0.3) is 0 Å². The lowest BCUT2D eigenvalue weighted by Crippen LogP contribution is -2.27. The average molecular weight is 429 g/mol. The lowest BCUT2D eigenvalue weighted by Gasteiger charge is -2.22. The van der Waals surface area contributed by atoms with Gasteiger partial charge in [0.15, 0.2) is 17.3 Å². The van der Waals surface area contributed by atoms with E-state index < -0.39 is 17.8 Å². The molecule has 154 valence electrons. The molecule has 0 N–H and O–H groups in total. The maximum absolute atomic E-state index is 14.7. The number of furan rings is 1. The van der Waals surface area contributed by atoms with Gasteiger partial charge >= 0.3 is 5.91 Å². The molecule has 0 bridgehead atoms. The minimum Gasteiger partial charge on any atom is -0.493 e. The predicted octanol–water partition coefficient (Wildman–Crippen LogP) is 5.08. The normalized spacial score (nSPS) is 15.8. The van der Waals surface area contributed by atoms with Crippen LogP contribution in [0.15, 0.2) is 64.3 Å². The van der Waals surface area contributed by atoms with Crippen LogP contribution in [0.25, 0.3) is 0 Å². The van der Waals surface area contributed by atoms with Crippen LogP contribution in [-0.2, 0) is 0 Å². The Morgan fingerprint density at radius 3 is 2.63 bits per heavy atom. The topological polar surface area (TPSA) is 64.3 Å². The predicted molar refractivity (Wildman–Crippen MR) is 110 cm³/mol. The van der Waals surface area contributed by atoms with Crippen molar-refractivity contribution in [2.24, 2.45) is 5.10 Å². The molecule has 0 radical (unpaired) electrons. The molecule has 30 heavy (non-hydrogen) atoms. The van der Waals surface area contributed by atoms with Crippen molar-refractivity contribution in [3.63, 3.8) is 0 Å². The summed E-state index contributed by atoms with van der Waals surface area (Å²) in [6, 6.07) is 12.2. The number of halogens is 2. The number of methoxy groups -OCH3 is 2. The third-order valence-electron chi connectivity index (χ3n) is 4.90. The fourth-order valence-corrected chi connectivity index (χ4v) is 3.74. The summed E-state index contributed by atoms with van der Waals surface area (Å²) in [5.74, 6) is 0.198. The van der Waals surface area contributed by atoms with Crippen molar-refractivity contribution in [1.29, 1.82) is 0 Å². The summed E-state index contributed by atoms with van der Waals surface area (Å²) in [4.78, 5) is 13.0. The Morgan fingerprint density at radius 1 is 1.17 bits per heavy atom. The van der Waals surface area contributed by atoms with Gasteiger partial charge in [0.05, 0.1) is 32.2 Å². The van der Waals surface area contributed by atoms with Crippen molar-refractivity contribution >= 4 is 23.2 Å². The zero-order chi connectivity index (χ0) is 21.3. The number of benzene rings is 2. The molecule has 3 aromatic rings. The minimum absolute atomic E-state index is 0.102. The number of amides is 1. The lowest BCUT2D eigenvalue weighted by molar-refractivity contribution is 0.0676. The van der Waals surface area contributed by atoms with Crippen LogP contribution in [0.5, 0.6) is 11.5 Å². The first-order valence-corrected chi connectivity index (χ1v) is 9.52. The second-order valence-corrected chi connectivity index (χ2v) is 7.01. The molecule has 4 rings (SSSR count). The molecule has 1 aliphatic rings. The molecule has 1 aromatic heterocycles. The number of hydrazone groups is 1. The molecule has 0 saturated carbocycles. The van der Waals surface area contributed by atoms with E-state index in [4.69, 9.17) is 25.5 Å². The number of hydrogen-bond donors (Lipinski definition) is 0. The highest BCUT2D eigenvalue weighted by atomic mass is 35.5. The van der Waals surface area contributed by atoms with E-state index >= 15 is 0 Å². The molecule has 0 fully saturated rings. The van der Waals surface area contributed by atoms with Crippen molar-refractivity contribution in [3.05, 3.63) is 82.5 Å². The summed E-state index contributed by atoms with van der Waals surface area (Å²) in [5.41, 5.74) is 1.51. The third-order valence-corrected chi connectivity index (χ3v) is 5.23. The molecule has 1 aliphatic heterocycles. The Bertz CT molecular complexity index is 1090. The van der Waals surface area contributed by atoms with Gasteiger partial charge in [-0.25, -0.2) is 9.40 Å². The molecule has 2 heterocycles. The van der Waals surface area contributed by atoms with Gasteiger partial charge < -0.3 is 13.9 Å². The van der Waals surface area contributed by atoms with Crippen molar-refractivity contribution in [2.45, 2.75) is 12.5 Å². The highest BCUT2D eigenvalue weighted by molar-refractivity contribution is 6.31. The van der Waals surface area contributed by atoms with Crippen molar-refractivity contribution in [2.75, 3.05) is 14.2 Å². The van der Waals surface area contributed by atoms with E-state index in [1.54, 1.807) is 37.4 Å². The van der Waals surface area contributed by atoms with Gasteiger partial charge in [-0.1, -0.05) is 17.7 Å². The zero-order valence-corrected chi connectivity index (χ0v) is 17.0. The third kappa shape index (κ3) is 3.52. The van der Waals surface area contributed by atoms with Crippen LogP contribution < -0.4 is 9.47 Å². The highest BCUT2D eigenvalue weighted by Gasteiger charge is 2.37. The monoisotopic (exact) mass is 428 g/mol. The van der Waals surface area contributed by atoms with E-state index in [0.29, 0.717) is 17.2 Å². The number of hydrogen-bond acceptors (Lipinski definition) is 5. The maximum atomic E-state index is 14.7. The van der Waals surface area contributed by atoms with Gasteiger partial charge in [-0.2, -0.15) is 5.10 Å². The van der Waals surface area contributed by atoms with Gasteiger partial charge in [0.2, 0.25) is 0 Å². The fourth-order valence-electron chi connectivity index (χ4n) is 3.45. The summed E-state index contributed by atoms with van der Waals surface area (Å²) < 4.78 is 30.6. The molecular formula is C22H18ClFN2O4. The van der Waals surface area contributed by atoms with Crippen LogP contribution in [0, 0.1) is 5.82 Å². The molecule has 0 saturated heterocycles. The van der Waals surface area contributed by atoms with Crippen molar-refractivity contribution < 1.29 is 23.1 Å². The van der Waals surface area contributed by atoms with E-state index in [9.17, 15) is 9.18 Å². The lowest BCUT2D eigenvalue weighted by atomic mass is 9.97. The van der Waals surface area contributed by atoms with E-state index in [2.05, 4.69) is 5.10 Å². The van der Waals surface area contributed by atoms with Gasteiger partial charge in [-0.15, -0.1) is 0 Å². The van der Waals surface area contributed by atoms with E-state index in [1.165, 1.54) is 36.6 Å². The standard InChI is InChI=1S/C22H18ClFN2O4/c1-28-18-9-8-13(11-20(18)29-2)16-12-17(21-14(23)5-3-6-15(21)24)26(25-16)22(27)19-7-4-10-30-19/h3-11,17H,12H2,1-2H3. The molecule has 1 amide bonds. The summed E-state index contributed by atoms with van der Waals surface area (Å²) in [6.45, 7) is 0. The molecule has 6 nitrogen and oxygen atoms in total. The van der Waals surface area contributed by atoms with Crippen molar-refractivity contribution in [3.8, 4) is 11.5 Å². The van der Waals surface area contributed by atoms with Crippen molar-refractivity contribution in [1.82, 2.24) is 5.01 Å². The summed E-state index contributed by atoms with van der Waals surface area (Å²) >= 11 is 6.30. The Morgan fingerprint density at radius 2 is 1.97 bits per heavy atom. The summed E-state index contributed by atoms with van der Waals surface area (Å²) in [7, 11) is 3.08. The number of ether oxygens (including phenoxy) is 2. The van der Waals surface area contributed by atoms with Gasteiger partial charge in [-0.05, 0) is 42.5 Å². The largest absolute Gasteiger partial charge is 0.493 e. The summed E-state index contributed by atoms with van der Waals surface area (Å²) in [5, 5.41) is 5.94. The van der Waals surface area contributed by atoms with Crippen LogP contribution in [0.1, 0.15) is 34.1 Å². The first-order valence-electron chi connectivity index (χ1n) is 9.14. The van der Waals surface area contributed by atoms with E-state index in [1.807, 2.05) is 0 Å². The zero-order valence-electron chi connectivity index (χ0n) is 16.3. The number of nitrogens with zero attached hydrogens (tertiary/aromatic N) is 2. The average Bonchev–Trinajstić information content (AvgIpc) is 3.43. The fraction of sp³-hybridized carbons (Fsp3) is 0.182. The second kappa shape index (κ2) is 8.20. The maximum Gasteiger partial charge on any atom is 0.310 e. The first-order chi connectivity index (χ1) is 14.5. The van der Waals surface area contributed by atoms with E-state index in [-0.39, 0.29) is 22.8 Å². The Labute approximate surface area is 177 Å². The Kier molecular flexibility index (Phi) is 5.46. The van der Waals surface area contributed by atoms with Gasteiger partial charge in [0, 0.05) is 22.6 Å². The Balaban J connectivity index is 1.78. The van der Waals surface area contributed by atoms with Crippen LogP contribution in [0.2, 0.25) is 5.02 Å². The number of carbonyl (C=O) groups is 1. The Hall–Kier alpha value is -3.32. The summed E-state index contributed by atoms with van der Waals surface area (Å²) in [6.07, 6.45) is 1.66. The van der Waals surface area contributed by atoms with E-state index in [0.717, 1.165) is 5.56 Å². The second-order valence-electron chi connectivity index (χ2n) is 6.60. The van der Waals surface area contributed by atoms with Gasteiger partial charge in [0.1, 0.15) is 5.82 Å². The van der Waals surface area contributed by atoms with Gasteiger partial charge in [-0.3, -0.25) is 4.79 Å². The molecule has 8 heteroatoms. The first kappa shape index (κ1) is 20.0. The molecule has 0 spiro atoms. The van der Waals surface area contributed by atoms with Crippen LogP contribution in [0.4, 0.5) is 4.39 Å². The molecule has 2 aromatic carbocycles. The highest BCUT2D eigenvalue weighted by Crippen LogP contribution is 2.39. The van der Waals surface area contributed by atoms with Crippen LogP contribution >= 0.6 is 11.6 Å². The molecule has 0 aliphatic carbocycles. The molecule has 1 atom stereocenters. The number of rotatable bonds is 5. The number of carbonyl (C=O) groups excluding carboxylic acids is 1. The smallest absolute Gasteiger partial charge is 0.310 e. The van der Waals surface area contributed by atoms with Crippen LogP contribution in [-0.4, -0.2) is 30.8 Å². The molecular weight excluding hydrogens is 411 g/mol. The minimum atomic E-state index is -0.723. The quantitative estimate of drug-likeness (QED) is 0.568. The van der Waals surface area contributed by atoms with Crippen LogP contribution in [0.3, 0.4) is 0 Å².